The number of benzene rings is 1. The standard InChI is InChI=1S/C17H17N5O2S2/c1-10(2)18-15-14-13(8-9-25-14)22-16(19-15)17(20-21-22)26(23,24)12-6-4-11(3)5-7-12/h4-10H,1-3H3,(H,18,19). The van der Waals surface area contributed by atoms with Crippen molar-refractivity contribution >= 4 is 42.9 Å². The second-order valence-corrected chi connectivity index (χ2v) is 9.12. The highest BCUT2D eigenvalue weighted by Crippen LogP contribution is 2.31. The highest BCUT2D eigenvalue weighted by Gasteiger charge is 2.27. The number of anilines is 1. The molecule has 4 aromatic rings. The first-order chi connectivity index (χ1) is 12.4. The van der Waals surface area contributed by atoms with E-state index in [0.717, 1.165) is 15.8 Å². The van der Waals surface area contributed by atoms with Crippen molar-refractivity contribution in [2.75, 3.05) is 5.32 Å². The maximum atomic E-state index is 13.1. The van der Waals surface area contributed by atoms with Crippen molar-refractivity contribution in [1.82, 2.24) is 19.8 Å². The van der Waals surface area contributed by atoms with Crippen LogP contribution in [0.25, 0.3) is 15.9 Å². The molecule has 1 aromatic carbocycles. The summed E-state index contributed by atoms with van der Waals surface area (Å²) in [4.78, 5) is 4.72. The summed E-state index contributed by atoms with van der Waals surface area (Å²) < 4.78 is 28.5. The Balaban J connectivity index is 1.98. The molecule has 26 heavy (non-hydrogen) atoms. The fraction of sp³-hybridized carbons (Fsp3) is 0.235. The van der Waals surface area contributed by atoms with Gasteiger partial charge in [-0.25, -0.2) is 13.4 Å². The molecule has 0 aliphatic heterocycles. The zero-order valence-electron chi connectivity index (χ0n) is 14.5. The molecular formula is C17H17N5O2S2. The molecule has 3 heterocycles. The minimum absolute atomic E-state index is 0.138. The summed E-state index contributed by atoms with van der Waals surface area (Å²) >= 11 is 1.52. The van der Waals surface area contributed by atoms with Gasteiger partial charge in [-0.1, -0.05) is 22.9 Å². The van der Waals surface area contributed by atoms with Crippen LogP contribution in [0.2, 0.25) is 0 Å². The van der Waals surface area contributed by atoms with Crippen molar-refractivity contribution in [3.63, 3.8) is 0 Å². The predicted octanol–water partition coefficient (Wildman–Crippen LogP) is 3.30. The number of hydrogen-bond donors (Lipinski definition) is 1. The van der Waals surface area contributed by atoms with Crippen molar-refractivity contribution in [2.45, 2.75) is 36.7 Å². The number of sulfone groups is 1. The number of nitrogens with zero attached hydrogens (tertiary/aromatic N) is 4. The van der Waals surface area contributed by atoms with Crippen molar-refractivity contribution in [3.8, 4) is 0 Å². The monoisotopic (exact) mass is 387 g/mol. The lowest BCUT2D eigenvalue weighted by atomic mass is 10.2. The van der Waals surface area contributed by atoms with E-state index in [0.29, 0.717) is 5.82 Å². The lowest BCUT2D eigenvalue weighted by Crippen LogP contribution is -2.12. The smallest absolute Gasteiger partial charge is 0.229 e. The van der Waals surface area contributed by atoms with Crippen LogP contribution in [0.1, 0.15) is 19.4 Å². The molecule has 0 radical (unpaired) electrons. The number of hydrogen-bond acceptors (Lipinski definition) is 7. The van der Waals surface area contributed by atoms with Crippen molar-refractivity contribution in [2.24, 2.45) is 0 Å². The Kier molecular flexibility index (Phi) is 3.92. The molecule has 0 saturated carbocycles. The number of aryl methyl sites for hydroxylation is 1. The molecule has 0 fully saturated rings. The molecule has 0 bridgehead atoms. The fourth-order valence-corrected chi connectivity index (χ4v) is 4.76. The Labute approximate surface area is 154 Å². The number of rotatable bonds is 4. The van der Waals surface area contributed by atoms with Crippen LogP contribution >= 0.6 is 11.3 Å². The Morgan fingerprint density at radius 3 is 2.58 bits per heavy atom. The van der Waals surface area contributed by atoms with Crippen LogP contribution in [0.15, 0.2) is 45.6 Å². The van der Waals surface area contributed by atoms with Crippen molar-refractivity contribution in [3.05, 3.63) is 41.3 Å². The second kappa shape index (κ2) is 6.03. The number of fused-ring (bicyclic) bond motifs is 3. The van der Waals surface area contributed by atoms with Crippen molar-refractivity contribution < 1.29 is 8.42 Å². The van der Waals surface area contributed by atoms with Crippen LogP contribution in [0.4, 0.5) is 5.82 Å². The SMILES string of the molecule is Cc1ccc(S(=O)(=O)c2nnn3c2nc(NC(C)C)c2sccc23)cc1. The van der Waals surface area contributed by atoms with Crippen LogP contribution in [0.3, 0.4) is 0 Å². The molecule has 0 atom stereocenters. The summed E-state index contributed by atoms with van der Waals surface area (Å²) in [6.45, 7) is 5.91. The molecule has 3 aromatic heterocycles. The van der Waals surface area contributed by atoms with E-state index >= 15 is 0 Å². The summed E-state index contributed by atoms with van der Waals surface area (Å²) in [7, 11) is -3.82. The van der Waals surface area contributed by atoms with E-state index in [1.165, 1.54) is 15.9 Å². The molecule has 134 valence electrons. The average molecular weight is 387 g/mol. The first-order valence-electron chi connectivity index (χ1n) is 8.09. The maximum absolute atomic E-state index is 13.1. The van der Waals surface area contributed by atoms with E-state index in [2.05, 4.69) is 20.6 Å². The molecule has 9 heteroatoms. The topological polar surface area (TPSA) is 89.2 Å². The maximum Gasteiger partial charge on any atom is 0.229 e. The quantitative estimate of drug-likeness (QED) is 0.578. The predicted molar refractivity (Wildman–Crippen MR) is 102 cm³/mol. The summed E-state index contributed by atoms with van der Waals surface area (Å²) in [5, 5.41) is 13.1. The fourth-order valence-electron chi connectivity index (χ4n) is 2.70. The van der Waals surface area contributed by atoms with Crippen LogP contribution in [-0.2, 0) is 9.84 Å². The zero-order chi connectivity index (χ0) is 18.5. The summed E-state index contributed by atoms with van der Waals surface area (Å²) in [6, 6.07) is 8.71. The average Bonchev–Trinajstić information content (AvgIpc) is 3.21. The first-order valence-corrected chi connectivity index (χ1v) is 10.4. The Morgan fingerprint density at radius 2 is 1.88 bits per heavy atom. The van der Waals surface area contributed by atoms with E-state index in [-0.39, 0.29) is 21.6 Å². The zero-order valence-corrected chi connectivity index (χ0v) is 16.1. The molecule has 0 aliphatic rings. The Hall–Kier alpha value is -2.52. The Bertz CT molecular complexity index is 1210. The van der Waals surface area contributed by atoms with Gasteiger partial charge in [0.2, 0.25) is 14.9 Å². The molecule has 0 saturated heterocycles. The van der Waals surface area contributed by atoms with Gasteiger partial charge in [-0.2, -0.15) is 4.52 Å². The molecule has 1 N–H and O–H groups in total. The summed E-state index contributed by atoms with van der Waals surface area (Å²) in [6.07, 6.45) is 0. The molecular weight excluding hydrogens is 370 g/mol. The minimum Gasteiger partial charge on any atom is -0.367 e. The Morgan fingerprint density at radius 1 is 1.15 bits per heavy atom. The van der Waals surface area contributed by atoms with Crippen LogP contribution < -0.4 is 5.32 Å². The second-order valence-electron chi connectivity index (χ2n) is 6.34. The number of aromatic nitrogens is 4. The lowest BCUT2D eigenvalue weighted by Gasteiger charge is -2.10. The molecule has 0 aliphatic carbocycles. The molecule has 0 unspecified atom stereocenters. The normalized spacial score (nSPS) is 12.3. The third-order valence-electron chi connectivity index (χ3n) is 3.93. The third kappa shape index (κ3) is 2.63. The van der Waals surface area contributed by atoms with Gasteiger partial charge in [0, 0.05) is 6.04 Å². The lowest BCUT2D eigenvalue weighted by molar-refractivity contribution is 0.592. The van der Waals surface area contributed by atoms with Gasteiger partial charge in [-0.3, -0.25) is 0 Å². The van der Waals surface area contributed by atoms with Gasteiger partial charge in [0.1, 0.15) is 5.82 Å². The van der Waals surface area contributed by atoms with E-state index in [1.807, 2.05) is 32.2 Å². The highest BCUT2D eigenvalue weighted by molar-refractivity contribution is 7.91. The molecule has 7 nitrogen and oxygen atoms in total. The molecule has 0 spiro atoms. The van der Waals surface area contributed by atoms with Crippen LogP contribution in [-0.4, -0.2) is 34.3 Å². The van der Waals surface area contributed by atoms with Gasteiger partial charge in [0.15, 0.2) is 5.65 Å². The third-order valence-corrected chi connectivity index (χ3v) is 6.51. The van der Waals surface area contributed by atoms with E-state index in [4.69, 9.17) is 0 Å². The van der Waals surface area contributed by atoms with E-state index in [1.54, 1.807) is 24.3 Å². The molecule has 4 rings (SSSR count). The van der Waals surface area contributed by atoms with Gasteiger partial charge in [0.05, 0.1) is 15.1 Å². The van der Waals surface area contributed by atoms with Gasteiger partial charge in [0.25, 0.3) is 0 Å². The van der Waals surface area contributed by atoms with Crippen LogP contribution in [0, 0.1) is 6.92 Å². The van der Waals surface area contributed by atoms with Crippen LogP contribution in [0.5, 0.6) is 0 Å². The number of thiophene rings is 1. The van der Waals surface area contributed by atoms with E-state index < -0.39 is 9.84 Å². The summed E-state index contributed by atoms with van der Waals surface area (Å²) in [5.41, 5.74) is 1.99. The van der Waals surface area contributed by atoms with Gasteiger partial charge >= 0.3 is 0 Å². The highest BCUT2D eigenvalue weighted by atomic mass is 32.2. The molecule has 0 amide bonds. The van der Waals surface area contributed by atoms with Crippen molar-refractivity contribution in [1.29, 1.82) is 0 Å². The van der Waals surface area contributed by atoms with E-state index in [9.17, 15) is 8.42 Å². The first kappa shape index (κ1) is 16.9. The minimum atomic E-state index is -3.82. The van der Waals surface area contributed by atoms with Gasteiger partial charge in [-0.05, 0) is 44.4 Å². The summed E-state index contributed by atoms with van der Waals surface area (Å²) in [5.74, 6) is 0.639. The van der Waals surface area contributed by atoms with Gasteiger partial charge < -0.3 is 5.32 Å². The number of nitrogens with one attached hydrogen (secondary N) is 1. The largest absolute Gasteiger partial charge is 0.367 e. The van der Waals surface area contributed by atoms with Gasteiger partial charge in [-0.15, -0.1) is 16.4 Å².